The topological polar surface area (TPSA) is 97.4 Å². The van der Waals surface area contributed by atoms with Gasteiger partial charge < -0.3 is 9.84 Å². The van der Waals surface area contributed by atoms with Crippen molar-refractivity contribution in [1.29, 1.82) is 0 Å². The molecule has 2 heterocycles. The zero-order valence-corrected chi connectivity index (χ0v) is 19.3. The predicted octanol–water partition coefficient (Wildman–Crippen LogP) is 3.35. The van der Waals surface area contributed by atoms with E-state index in [9.17, 15) is 13.2 Å². The number of carbonyl (C=O) groups excluding carboxylic acids is 1. The van der Waals surface area contributed by atoms with Crippen molar-refractivity contribution in [2.75, 3.05) is 13.1 Å². The van der Waals surface area contributed by atoms with Crippen LogP contribution >= 0.6 is 0 Å². The lowest BCUT2D eigenvalue weighted by Gasteiger charge is -2.18. The van der Waals surface area contributed by atoms with Crippen molar-refractivity contribution in [2.24, 2.45) is 0 Å². The average molecular weight is 445 g/mol. The molecule has 0 saturated carbocycles. The number of benzene rings is 1. The number of amides is 1. The molecular weight excluding hydrogens is 416 g/mol. The number of aromatic nitrogens is 2. The van der Waals surface area contributed by atoms with E-state index in [2.05, 4.69) is 10.5 Å². The van der Waals surface area contributed by atoms with Crippen molar-refractivity contribution < 1.29 is 17.7 Å². The van der Waals surface area contributed by atoms with Crippen LogP contribution in [0.15, 0.2) is 45.8 Å². The zero-order chi connectivity index (χ0) is 22.8. The van der Waals surface area contributed by atoms with Gasteiger partial charge in [0.2, 0.25) is 10.0 Å². The van der Waals surface area contributed by atoms with E-state index >= 15 is 0 Å². The third-order valence-electron chi connectivity index (χ3n) is 5.24. The van der Waals surface area contributed by atoms with Crippen LogP contribution in [0, 0.1) is 20.8 Å². The first-order valence-corrected chi connectivity index (χ1v) is 11.6. The van der Waals surface area contributed by atoms with Gasteiger partial charge in [-0.05, 0) is 44.5 Å². The first kappa shape index (κ1) is 22.8. The molecule has 0 radical (unpaired) electrons. The average Bonchev–Trinajstić information content (AvgIpc) is 3.29. The molecule has 9 heteroatoms. The summed E-state index contributed by atoms with van der Waals surface area (Å²) >= 11 is 0. The van der Waals surface area contributed by atoms with Gasteiger partial charge in [-0.2, -0.15) is 4.31 Å². The van der Waals surface area contributed by atoms with E-state index in [1.165, 1.54) is 4.31 Å². The Morgan fingerprint density at radius 3 is 2.29 bits per heavy atom. The number of nitrogens with zero attached hydrogens (tertiary/aromatic N) is 3. The predicted molar refractivity (Wildman–Crippen MR) is 118 cm³/mol. The highest BCUT2D eigenvalue weighted by Crippen LogP contribution is 2.21. The monoisotopic (exact) mass is 444 g/mol. The van der Waals surface area contributed by atoms with Crippen molar-refractivity contribution in [3.8, 4) is 5.82 Å². The second-order valence-electron chi connectivity index (χ2n) is 7.33. The maximum atomic E-state index is 12.8. The maximum Gasteiger partial charge on any atom is 0.253 e. The molecule has 0 unspecified atom stereocenters. The summed E-state index contributed by atoms with van der Waals surface area (Å²) < 4.78 is 33.6. The number of hydrogen-bond donors (Lipinski definition) is 1. The Morgan fingerprint density at radius 2 is 1.74 bits per heavy atom. The van der Waals surface area contributed by atoms with E-state index in [1.807, 2.05) is 51.3 Å². The van der Waals surface area contributed by atoms with Gasteiger partial charge in [0.25, 0.3) is 5.91 Å². The molecule has 0 spiro atoms. The minimum atomic E-state index is -3.49. The molecule has 31 heavy (non-hydrogen) atoms. The highest BCUT2D eigenvalue weighted by Gasteiger charge is 2.21. The smallest absolute Gasteiger partial charge is 0.253 e. The van der Waals surface area contributed by atoms with Gasteiger partial charge >= 0.3 is 0 Å². The molecule has 0 aliphatic carbocycles. The van der Waals surface area contributed by atoms with E-state index in [0.717, 1.165) is 17.0 Å². The maximum absolute atomic E-state index is 12.8. The van der Waals surface area contributed by atoms with Crippen molar-refractivity contribution in [3.63, 3.8) is 0 Å². The Hall–Kier alpha value is -2.91. The molecule has 8 nitrogen and oxygen atoms in total. The Labute approximate surface area is 182 Å². The molecule has 1 aromatic carbocycles. The van der Waals surface area contributed by atoms with Crippen molar-refractivity contribution >= 4 is 15.9 Å². The summed E-state index contributed by atoms with van der Waals surface area (Å²) in [6, 6.07) is 10.2. The van der Waals surface area contributed by atoms with Gasteiger partial charge in [-0.25, -0.2) is 8.42 Å². The van der Waals surface area contributed by atoms with Crippen LogP contribution < -0.4 is 5.32 Å². The second-order valence-corrected chi connectivity index (χ2v) is 9.27. The Kier molecular flexibility index (Phi) is 6.66. The summed E-state index contributed by atoms with van der Waals surface area (Å²) in [5.41, 5.74) is 3.01. The molecule has 3 rings (SSSR count). The Balaban J connectivity index is 1.72. The van der Waals surface area contributed by atoms with Crippen LogP contribution in [-0.4, -0.2) is 41.4 Å². The van der Waals surface area contributed by atoms with Gasteiger partial charge in [0.15, 0.2) is 5.82 Å². The van der Waals surface area contributed by atoms with Gasteiger partial charge in [-0.3, -0.25) is 9.36 Å². The second kappa shape index (κ2) is 9.07. The van der Waals surface area contributed by atoms with Crippen LogP contribution in [0.5, 0.6) is 0 Å². The minimum absolute atomic E-state index is 0.209. The van der Waals surface area contributed by atoms with Gasteiger partial charge in [-0.15, -0.1) is 0 Å². The van der Waals surface area contributed by atoms with Crippen LogP contribution in [-0.2, 0) is 16.6 Å². The Bertz CT molecular complexity index is 1170. The van der Waals surface area contributed by atoms with Crippen LogP contribution in [0.2, 0.25) is 0 Å². The van der Waals surface area contributed by atoms with Crippen LogP contribution in [0.3, 0.4) is 0 Å². The molecule has 0 fully saturated rings. The molecule has 0 aliphatic rings. The summed E-state index contributed by atoms with van der Waals surface area (Å²) in [5.74, 6) is 1.12. The SMILES string of the molecule is CCN(CC)S(=O)(=O)c1ccc(CNC(=O)c2cc(C)n(-c3cc(C)on3)c2C)cc1. The number of rotatable bonds is 8. The molecule has 1 N–H and O–H groups in total. The normalized spacial score (nSPS) is 11.8. The van der Waals surface area contributed by atoms with Crippen LogP contribution in [0.25, 0.3) is 5.82 Å². The van der Waals surface area contributed by atoms with E-state index in [1.54, 1.807) is 24.3 Å². The van der Waals surface area contributed by atoms with Crippen molar-refractivity contribution in [2.45, 2.75) is 46.1 Å². The molecule has 0 atom stereocenters. The molecule has 0 bridgehead atoms. The summed E-state index contributed by atoms with van der Waals surface area (Å²) in [6.07, 6.45) is 0. The van der Waals surface area contributed by atoms with E-state index < -0.39 is 10.0 Å². The van der Waals surface area contributed by atoms with Crippen molar-refractivity contribution in [1.82, 2.24) is 19.3 Å². The van der Waals surface area contributed by atoms with E-state index in [-0.39, 0.29) is 17.3 Å². The fraction of sp³-hybridized carbons (Fsp3) is 0.364. The number of carbonyl (C=O) groups is 1. The molecular formula is C22H28N4O4S. The van der Waals surface area contributed by atoms with Crippen molar-refractivity contribution in [3.05, 3.63) is 64.7 Å². The van der Waals surface area contributed by atoms with E-state index in [0.29, 0.717) is 30.2 Å². The standard InChI is InChI=1S/C22H28N4O4S/c1-6-25(7-2)31(28,29)19-10-8-18(9-11-19)14-23-22(27)20-12-15(3)26(17(20)5)21-13-16(4)30-24-21/h8-13H,6-7,14H2,1-5H3,(H,23,27). The first-order chi connectivity index (χ1) is 14.7. The zero-order valence-electron chi connectivity index (χ0n) is 18.5. The lowest BCUT2D eigenvalue weighted by molar-refractivity contribution is 0.0950. The van der Waals surface area contributed by atoms with Crippen LogP contribution in [0.1, 0.15) is 46.9 Å². The molecule has 166 valence electrons. The molecule has 1 amide bonds. The highest BCUT2D eigenvalue weighted by atomic mass is 32.2. The molecule has 0 aliphatic heterocycles. The fourth-order valence-corrected chi connectivity index (χ4v) is 5.03. The molecule has 3 aromatic rings. The van der Waals surface area contributed by atoms with Gasteiger partial charge in [-0.1, -0.05) is 31.1 Å². The molecule has 2 aromatic heterocycles. The number of sulfonamides is 1. The molecule has 0 saturated heterocycles. The summed E-state index contributed by atoms with van der Waals surface area (Å²) in [5, 5.41) is 6.93. The van der Waals surface area contributed by atoms with E-state index in [4.69, 9.17) is 4.52 Å². The Morgan fingerprint density at radius 1 is 1.10 bits per heavy atom. The highest BCUT2D eigenvalue weighted by molar-refractivity contribution is 7.89. The third kappa shape index (κ3) is 4.57. The lowest BCUT2D eigenvalue weighted by atomic mass is 10.2. The van der Waals surface area contributed by atoms with Gasteiger partial charge in [0, 0.05) is 37.1 Å². The van der Waals surface area contributed by atoms with Gasteiger partial charge in [0.1, 0.15) is 5.76 Å². The summed E-state index contributed by atoms with van der Waals surface area (Å²) in [4.78, 5) is 13.0. The third-order valence-corrected chi connectivity index (χ3v) is 7.30. The summed E-state index contributed by atoms with van der Waals surface area (Å²) in [6.45, 7) is 10.3. The first-order valence-electron chi connectivity index (χ1n) is 10.2. The fourth-order valence-electron chi connectivity index (χ4n) is 3.57. The minimum Gasteiger partial charge on any atom is -0.360 e. The van der Waals surface area contributed by atoms with Crippen LogP contribution in [0.4, 0.5) is 0 Å². The number of aryl methyl sites for hydroxylation is 2. The number of hydrogen-bond acceptors (Lipinski definition) is 5. The van der Waals surface area contributed by atoms with Gasteiger partial charge in [0.05, 0.1) is 10.5 Å². The largest absolute Gasteiger partial charge is 0.360 e. The number of nitrogens with one attached hydrogen (secondary N) is 1. The quantitative estimate of drug-likeness (QED) is 0.575. The summed E-state index contributed by atoms with van der Waals surface area (Å²) in [7, 11) is -3.49. The lowest BCUT2D eigenvalue weighted by Crippen LogP contribution is -2.30.